The van der Waals surface area contributed by atoms with Crippen molar-refractivity contribution in [3.63, 3.8) is 0 Å². The lowest BCUT2D eigenvalue weighted by atomic mass is 10.2. The lowest BCUT2D eigenvalue weighted by Gasteiger charge is -2.29. The minimum atomic E-state index is -5.08. The molecule has 12 heteroatoms. The molecule has 3 heterocycles. The molecule has 5 rings (SSSR count). The van der Waals surface area contributed by atoms with Crippen LogP contribution in [-0.2, 0) is 14.3 Å². The second-order valence-electron chi connectivity index (χ2n) is 8.78. The smallest absolute Gasteiger partial charge is 0.475 e. The number of halogens is 3. The lowest BCUT2D eigenvalue weighted by molar-refractivity contribution is -0.192. The van der Waals surface area contributed by atoms with Crippen LogP contribution in [0.3, 0.4) is 0 Å². The molecule has 39 heavy (non-hydrogen) atoms. The fourth-order valence-corrected chi connectivity index (χ4v) is 4.05. The first-order valence-electron chi connectivity index (χ1n) is 12.4. The van der Waals surface area contributed by atoms with E-state index >= 15 is 0 Å². The molecule has 2 saturated heterocycles. The van der Waals surface area contributed by atoms with Gasteiger partial charge in [0.2, 0.25) is 0 Å². The van der Waals surface area contributed by atoms with Crippen molar-refractivity contribution >= 4 is 40.2 Å². The molecule has 2 aromatic carbocycles. The van der Waals surface area contributed by atoms with E-state index in [9.17, 15) is 13.2 Å². The van der Waals surface area contributed by atoms with E-state index in [4.69, 9.17) is 19.4 Å². The maximum atomic E-state index is 10.6. The highest BCUT2D eigenvalue weighted by Crippen LogP contribution is 2.25. The van der Waals surface area contributed by atoms with Crippen molar-refractivity contribution in [3.8, 4) is 0 Å². The summed E-state index contributed by atoms with van der Waals surface area (Å²) < 4.78 is 42.6. The molecule has 2 fully saturated rings. The maximum absolute atomic E-state index is 10.6. The SMILES string of the molecule is O=C(O)C(F)(F)F.c1cc(Nc2ccc(N3CCOCC3)cc2)cc(Nc2ccc(N3CCOCC3)cc2)n1. The van der Waals surface area contributed by atoms with Crippen LogP contribution in [0.5, 0.6) is 0 Å². The normalized spacial score (nSPS) is 15.7. The molecule has 0 aliphatic carbocycles. The quantitative estimate of drug-likeness (QED) is 0.401. The van der Waals surface area contributed by atoms with Gasteiger partial charge in [0.1, 0.15) is 5.82 Å². The summed E-state index contributed by atoms with van der Waals surface area (Å²) >= 11 is 0. The number of morpholine rings is 2. The van der Waals surface area contributed by atoms with Crippen molar-refractivity contribution in [2.24, 2.45) is 0 Å². The van der Waals surface area contributed by atoms with Gasteiger partial charge in [-0.3, -0.25) is 0 Å². The van der Waals surface area contributed by atoms with Crippen molar-refractivity contribution in [1.82, 2.24) is 4.98 Å². The molecule has 0 spiro atoms. The van der Waals surface area contributed by atoms with Crippen molar-refractivity contribution < 1.29 is 32.5 Å². The highest BCUT2D eigenvalue weighted by Gasteiger charge is 2.38. The lowest BCUT2D eigenvalue weighted by Crippen LogP contribution is -2.36. The number of carbonyl (C=O) groups is 1. The molecule has 3 N–H and O–H groups in total. The zero-order chi connectivity index (χ0) is 27.7. The molecule has 0 atom stereocenters. The summed E-state index contributed by atoms with van der Waals surface area (Å²) in [6.45, 7) is 6.94. The number of nitrogens with one attached hydrogen (secondary N) is 2. The highest BCUT2D eigenvalue weighted by atomic mass is 19.4. The Balaban J connectivity index is 0.000000448. The summed E-state index contributed by atoms with van der Waals surface area (Å²) in [6.07, 6.45) is -3.27. The van der Waals surface area contributed by atoms with Gasteiger partial charge in [-0.25, -0.2) is 9.78 Å². The molecule has 208 valence electrons. The summed E-state index contributed by atoms with van der Waals surface area (Å²) in [6, 6.07) is 21.0. The molecule has 2 aliphatic heterocycles. The van der Waals surface area contributed by atoms with Crippen molar-refractivity contribution in [1.29, 1.82) is 0 Å². The zero-order valence-corrected chi connectivity index (χ0v) is 21.2. The largest absolute Gasteiger partial charge is 0.490 e. The number of benzene rings is 2. The third-order valence-electron chi connectivity index (χ3n) is 6.05. The Bertz CT molecular complexity index is 1120. The fraction of sp³-hybridized carbons (Fsp3) is 0.333. The number of carboxylic acid groups (broad SMARTS) is 1. The number of anilines is 6. The van der Waals surface area contributed by atoms with Gasteiger partial charge in [0.05, 0.1) is 26.4 Å². The van der Waals surface area contributed by atoms with E-state index in [0.29, 0.717) is 0 Å². The summed E-state index contributed by atoms with van der Waals surface area (Å²) in [5.74, 6) is -1.95. The topological polar surface area (TPSA) is 99.2 Å². The van der Waals surface area contributed by atoms with Gasteiger partial charge in [-0.1, -0.05) is 0 Å². The first-order chi connectivity index (χ1) is 18.8. The molecule has 1 aromatic heterocycles. The van der Waals surface area contributed by atoms with Crippen LogP contribution < -0.4 is 20.4 Å². The van der Waals surface area contributed by atoms with Crippen LogP contribution in [0.1, 0.15) is 0 Å². The van der Waals surface area contributed by atoms with Crippen LogP contribution in [0.15, 0.2) is 66.9 Å². The number of carboxylic acids is 1. The number of aromatic nitrogens is 1. The van der Waals surface area contributed by atoms with Crippen LogP contribution in [-0.4, -0.2) is 74.8 Å². The molecule has 3 aromatic rings. The predicted octanol–water partition coefficient (Wildman–Crippen LogP) is 4.88. The van der Waals surface area contributed by atoms with Gasteiger partial charge >= 0.3 is 12.1 Å². The summed E-state index contributed by atoms with van der Waals surface area (Å²) in [4.78, 5) is 18.1. The number of alkyl halides is 3. The van der Waals surface area contributed by atoms with Crippen LogP contribution in [0, 0.1) is 0 Å². The van der Waals surface area contributed by atoms with Gasteiger partial charge in [-0.05, 0) is 54.6 Å². The predicted molar refractivity (Wildman–Crippen MR) is 143 cm³/mol. The van der Waals surface area contributed by atoms with Crippen LogP contribution in [0.2, 0.25) is 0 Å². The van der Waals surface area contributed by atoms with Gasteiger partial charge < -0.3 is 35.0 Å². The van der Waals surface area contributed by atoms with Crippen LogP contribution in [0.25, 0.3) is 0 Å². The van der Waals surface area contributed by atoms with E-state index in [0.717, 1.165) is 75.5 Å². The number of rotatable bonds is 6. The Morgan fingerprint density at radius 2 is 1.18 bits per heavy atom. The Kier molecular flexibility index (Phi) is 9.45. The maximum Gasteiger partial charge on any atom is 0.490 e. The van der Waals surface area contributed by atoms with Gasteiger partial charge in [0.15, 0.2) is 0 Å². The van der Waals surface area contributed by atoms with E-state index < -0.39 is 12.1 Å². The van der Waals surface area contributed by atoms with E-state index in [1.807, 2.05) is 18.3 Å². The Morgan fingerprint density at radius 1 is 0.744 bits per heavy atom. The molecule has 0 saturated carbocycles. The number of pyridine rings is 1. The van der Waals surface area contributed by atoms with Gasteiger partial charge in [-0.2, -0.15) is 13.2 Å². The summed E-state index contributed by atoms with van der Waals surface area (Å²) in [5, 5.41) is 14.0. The number of ether oxygens (including phenoxy) is 2. The second-order valence-corrected chi connectivity index (χ2v) is 8.78. The Labute approximate surface area is 224 Å². The molecular weight excluding hydrogens is 515 g/mol. The number of hydrogen-bond acceptors (Lipinski definition) is 8. The Hall–Kier alpha value is -4.03. The van der Waals surface area contributed by atoms with E-state index in [1.165, 1.54) is 11.4 Å². The van der Waals surface area contributed by atoms with E-state index in [-0.39, 0.29) is 0 Å². The number of nitrogens with zero attached hydrogens (tertiary/aromatic N) is 3. The fourth-order valence-electron chi connectivity index (χ4n) is 4.05. The molecule has 2 aliphatic rings. The van der Waals surface area contributed by atoms with Crippen molar-refractivity contribution in [2.45, 2.75) is 6.18 Å². The first-order valence-corrected chi connectivity index (χ1v) is 12.4. The van der Waals surface area contributed by atoms with Crippen molar-refractivity contribution in [2.75, 3.05) is 73.0 Å². The van der Waals surface area contributed by atoms with Gasteiger partial charge in [0, 0.05) is 66.9 Å². The number of hydrogen-bond donors (Lipinski definition) is 3. The zero-order valence-electron chi connectivity index (χ0n) is 21.2. The minimum absolute atomic E-state index is 0.791. The first kappa shape index (κ1) is 28.0. The minimum Gasteiger partial charge on any atom is -0.475 e. The monoisotopic (exact) mass is 545 g/mol. The molecule has 0 bridgehead atoms. The molecule has 0 amide bonds. The van der Waals surface area contributed by atoms with Gasteiger partial charge in [-0.15, -0.1) is 0 Å². The van der Waals surface area contributed by atoms with Gasteiger partial charge in [0.25, 0.3) is 0 Å². The third-order valence-corrected chi connectivity index (χ3v) is 6.05. The molecule has 0 radical (unpaired) electrons. The van der Waals surface area contributed by atoms with E-state index in [2.05, 4.69) is 73.9 Å². The van der Waals surface area contributed by atoms with Crippen LogP contribution >= 0.6 is 0 Å². The van der Waals surface area contributed by atoms with Crippen LogP contribution in [0.4, 0.5) is 47.4 Å². The Morgan fingerprint density at radius 3 is 1.62 bits per heavy atom. The molecule has 0 unspecified atom stereocenters. The average Bonchev–Trinajstić information content (AvgIpc) is 2.95. The summed E-state index contributed by atoms with van der Waals surface area (Å²) in [7, 11) is 0. The highest BCUT2D eigenvalue weighted by molar-refractivity contribution is 5.73. The van der Waals surface area contributed by atoms with E-state index in [1.54, 1.807) is 0 Å². The molecule has 9 nitrogen and oxygen atoms in total. The van der Waals surface area contributed by atoms with Crippen molar-refractivity contribution in [3.05, 3.63) is 66.9 Å². The summed E-state index contributed by atoms with van der Waals surface area (Å²) in [5.41, 5.74) is 5.52. The number of aliphatic carboxylic acids is 1. The third kappa shape index (κ3) is 8.48. The molecular formula is C27H30F3N5O4. The average molecular weight is 546 g/mol. The standard InChI is InChI=1S/C25H29N5O2.C2HF3O2/c1-5-23(29-11-15-31-16-12-29)6-2-20(1)27-22-9-10-26-25(19-22)28-21-3-7-24(8-4-21)30-13-17-32-18-14-30;3-2(4,5)1(6)7/h1-10,19H,11-18H2,(H2,26,27,28);(H,6,7). The second kappa shape index (κ2) is 13.2.